The number of hydrogen-bond donors (Lipinski definition) is 1. The molecule has 1 N–H and O–H groups in total. The highest BCUT2D eigenvalue weighted by atomic mass is 32.2. The predicted octanol–water partition coefficient (Wildman–Crippen LogP) is 0.277. The van der Waals surface area contributed by atoms with Crippen molar-refractivity contribution in [3.63, 3.8) is 0 Å². The zero-order valence-electron chi connectivity index (χ0n) is 16.4. The molecule has 29 heavy (non-hydrogen) atoms. The monoisotopic (exact) mass is 436 g/mol. The second kappa shape index (κ2) is 11.6. The highest BCUT2D eigenvalue weighted by Crippen LogP contribution is 2.34. The van der Waals surface area contributed by atoms with Crippen molar-refractivity contribution < 1.29 is 52.8 Å². The maximum atomic E-state index is 11.6. The minimum atomic E-state index is -1.25. The van der Waals surface area contributed by atoms with Crippen molar-refractivity contribution in [3.8, 4) is 0 Å². The minimum Gasteiger partial charge on any atom is -0.481 e. The summed E-state index contributed by atoms with van der Waals surface area (Å²) in [6, 6.07) is 0. The molecule has 1 rings (SSSR count). The Bertz CT molecular complexity index is 635. The second-order valence-electron chi connectivity index (χ2n) is 6.08. The lowest BCUT2D eigenvalue weighted by Gasteiger charge is -2.44. The fourth-order valence-corrected chi connectivity index (χ4v) is 3.73. The Hall–Kier alpha value is -2.34. The van der Waals surface area contributed by atoms with Gasteiger partial charge in [-0.2, -0.15) is 0 Å². The largest absolute Gasteiger partial charge is 0.481 e. The number of hydrogen-bond acceptors (Lipinski definition) is 11. The molecule has 0 saturated carbocycles. The van der Waals surface area contributed by atoms with Gasteiger partial charge >= 0.3 is 29.8 Å². The Morgan fingerprint density at radius 2 is 1.34 bits per heavy atom. The summed E-state index contributed by atoms with van der Waals surface area (Å²) in [5.74, 6) is -3.71. The van der Waals surface area contributed by atoms with Gasteiger partial charge in [-0.3, -0.25) is 24.0 Å². The van der Waals surface area contributed by atoms with Gasteiger partial charge in [0, 0.05) is 33.4 Å². The summed E-state index contributed by atoms with van der Waals surface area (Å²) in [5, 5.41) is 8.84. The quantitative estimate of drug-likeness (QED) is 0.390. The number of rotatable bonds is 9. The molecule has 0 aromatic carbocycles. The van der Waals surface area contributed by atoms with Crippen molar-refractivity contribution >= 4 is 41.6 Å². The molecular formula is C17H24O11S. The first-order valence-electron chi connectivity index (χ1n) is 8.65. The maximum Gasteiger partial charge on any atom is 0.304 e. The summed E-state index contributed by atoms with van der Waals surface area (Å²) in [4.78, 5) is 56.8. The molecule has 164 valence electrons. The van der Waals surface area contributed by atoms with Crippen molar-refractivity contribution in [1.82, 2.24) is 0 Å². The van der Waals surface area contributed by atoms with Crippen LogP contribution in [-0.2, 0) is 47.7 Å². The molecular weight excluding hydrogens is 412 g/mol. The molecule has 0 aliphatic carbocycles. The van der Waals surface area contributed by atoms with E-state index in [4.69, 9.17) is 28.8 Å². The molecule has 2 unspecified atom stereocenters. The van der Waals surface area contributed by atoms with Crippen molar-refractivity contribution in [1.29, 1.82) is 0 Å². The van der Waals surface area contributed by atoms with Gasteiger partial charge in [0.1, 0.15) is 18.1 Å². The van der Waals surface area contributed by atoms with Crippen LogP contribution in [0.2, 0.25) is 0 Å². The SMILES string of the molecule is CC(=O)OCC1O[C@@H](SCCC(=O)O)C(OC(C)=O)[C@H](OC(C)=O)[C@@H]1OC(C)=O. The van der Waals surface area contributed by atoms with E-state index in [1.54, 1.807) is 0 Å². The summed E-state index contributed by atoms with van der Waals surface area (Å²) in [6.45, 7) is 4.23. The number of ether oxygens (including phenoxy) is 5. The van der Waals surface area contributed by atoms with E-state index in [-0.39, 0.29) is 18.8 Å². The van der Waals surface area contributed by atoms with E-state index in [1.165, 1.54) is 6.92 Å². The van der Waals surface area contributed by atoms with Crippen LogP contribution in [0.5, 0.6) is 0 Å². The fraction of sp³-hybridized carbons (Fsp3) is 0.706. The zero-order valence-corrected chi connectivity index (χ0v) is 17.3. The third kappa shape index (κ3) is 8.69. The lowest BCUT2D eigenvalue weighted by molar-refractivity contribution is -0.237. The fourth-order valence-electron chi connectivity index (χ4n) is 2.59. The maximum absolute atomic E-state index is 11.6. The number of carbonyl (C=O) groups excluding carboxylic acids is 4. The highest BCUT2D eigenvalue weighted by molar-refractivity contribution is 7.99. The first kappa shape index (κ1) is 24.7. The van der Waals surface area contributed by atoms with E-state index in [0.29, 0.717) is 0 Å². The first-order chi connectivity index (χ1) is 13.5. The van der Waals surface area contributed by atoms with Gasteiger partial charge in [-0.1, -0.05) is 0 Å². The third-order valence-electron chi connectivity index (χ3n) is 3.55. The van der Waals surface area contributed by atoms with Gasteiger partial charge in [-0.05, 0) is 0 Å². The Morgan fingerprint density at radius 1 is 0.828 bits per heavy atom. The molecule has 12 heteroatoms. The molecule has 0 spiro atoms. The number of aliphatic carboxylic acids is 1. The molecule has 1 aliphatic rings. The lowest BCUT2D eigenvalue weighted by Crippen LogP contribution is -2.61. The van der Waals surface area contributed by atoms with Crippen molar-refractivity contribution in [2.45, 2.75) is 64.0 Å². The first-order valence-corrected chi connectivity index (χ1v) is 9.70. The average Bonchev–Trinajstić information content (AvgIpc) is 2.56. The third-order valence-corrected chi connectivity index (χ3v) is 4.69. The van der Waals surface area contributed by atoms with Crippen LogP contribution in [-0.4, -0.2) is 77.2 Å². The van der Waals surface area contributed by atoms with E-state index in [9.17, 15) is 24.0 Å². The van der Waals surface area contributed by atoms with E-state index >= 15 is 0 Å². The van der Waals surface area contributed by atoms with Crippen LogP contribution in [0.3, 0.4) is 0 Å². The Morgan fingerprint density at radius 3 is 1.83 bits per heavy atom. The second-order valence-corrected chi connectivity index (χ2v) is 7.29. The van der Waals surface area contributed by atoms with Crippen molar-refractivity contribution in [3.05, 3.63) is 0 Å². The standard InChI is InChI=1S/C17H24O11S/c1-8(18)24-7-12-14(25-9(2)19)15(26-10(3)20)16(27-11(4)21)17(28-12)29-6-5-13(22)23/h12,14-17H,5-7H2,1-4H3,(H,22,23)/t12?,14-,15-,16?,17+/m1/s1. The number of carboxylic acid groups (broad SMARTS) is 1. The van der Waals surface area contributed by atoms with Gasteiger partial charge in [0.05, 0.1) is 6.42 Å². The highest BCUT2D eigenvalue weighted by Gasteiger charge is 2.52. The van der Waals surface area contributed by atoms with Crippen LogP contribution in [0.15, 0.2) is 0 Å². The molecule has 0 bridgehead atoms. The number of carboxylic acids is 1. The molecule has 0 amide bonds. The molecule has 0 aromatic heterocycles. The Labute approximate surface area is 171 Å². The summed E-state index contributed by atoms with van der Waals surface area (Å²) < 4.78 is 26.5. The van der Waals surface area contributed by atoms with Gasteiger partial charge in [-0.15, -0.1) is 11.8 Å². The number of carbonyl (C=O) groups is 5. The van der Waals surface area contributed by atoms with E-state index < -0.39 is 59.7 Å². The van der Waals surface area contributed by atoms with E-state index in [0.717, 1.165) is 32.5 Å². The lowest BCUT2D eigenvalue weighted by atomic mass is 9.99. The van der Waals surface area contributed by atoms with Crippen LogP contribution in [0.1, 0.15) is 34.1 Å². The van der Waals surface area contributed by atoms with E-state index in [1.807, 2.05) is 0 Å². The minimum absolute atomic E-state index is 0.100. The van der Waals surface area contributed by atoms with E-state index in [2.05, 4.69) is 0 Å². The summed E-state index contributed by atoms with van der Waals surface area (Å²) in [6.07, 6.45) is -4.90. The molecule has 1 heterocycles. The van der Waals surface area contributed by atoms with Gasteiger partial charge in [0.2, 0.25) is 0 Å². The zero-order chi connectivity index (χ0) is 22.1. The topological polar surface area (TPSA) is 152 Å². The normalized spacial score (nSPS) is 26.1. The van der Waals surface area contributed by atoms with Crippen LogP contribution >= 0.6 is 11.8 Å². The predicted molar refractivity (Wildman–Crippen MR) is 96.7 cm³/mol. The molecule has 0 aromatic rings. The molecule has 5 atom stereocenters. The number of esters is 4. The van der Waals surface area contributed by atoms with Gasteiger partial charge in [-0.25, -0.2) is 0 Å². The van der Waals surface area contributed by atoms with Crippen LogP contribution in [0, 0.1) is 0 Å². The molecule has 1 fully saturated rings. The summed E-state index contributed by atoms with van der Waals surface area (Å²) in [5.41, 5.74) is -0.963. The average molecular weight is 436 g/mol. The number of thioether (sulfide) groups is 1. The molecule has 11 nitrogen and oxygen atoms in total. The summed E-state index contributed by atoms with van der Waals surface area (Å²) in [7, 11) is 0. The van der Waals surface area contributed by atoms with Gasteiger partial charge in [0.15, 0.2) is 18.3 Å². The smallest absolute Gasteiger partial charge is 0.304 e. The van der Waals surface area contributed by atoms with Crippen LogP contribution < -0.4 is 0 Å². The molecule has 1 saturated heterocycles. The van der Waals surface area contributed by atoms with Crippen LogP contribution in [0.4, 0.5) is 0 Å². The Kier molecular flexibility index (Phi) is 9.89. The Balaban J connectivity index is 3.22. The van der Waals surface area contributed by atoms with Crippen molar-refractivity contribution in [2.24, 2.45) is 0 Å². The van der Waals surface area contributed by atoms with Crippen LogP contribution in [0.25, 0.3) is 0 Å². The summed E-state index contributed by atoms with van der Waals surface area (Å²) >= 11 is 1.01. The van der Waals surface area contributed by atoms with Gasteiger partial charge < -0.3 is 28.8 Å². The molecule has 1 aliphatic heterocycles. The molecule has 0 radical (unpaired) electrons. The van der Waals surface area contributed by atoms with Crippen molar-refractivity contribution in [2.75, 3.05) is 12.4 Å². The van der Waals surface area contributed by atoms with Gasteiger partial charge in [0.25, 0.3) is 0 Å².